The normalized spacial score (nSPS) is 26.6. The highest BCUT2D eigenvalue weighted by Gasteiger charge is 2.32. The maximum atomic E-state index is 6.20. The quantitative estimate of drug-likeness (QED) is 0.768. The predicted molar refractivity (Wildman–Crippen MR) is 77.0 cm³/mol. The Labute approximate surface area is 118 Å². The van der Waals surface area contributed by atoms with Crippen molar-refractivity contribution in [3.05, 3.63) is 77.8 Å². The second-order valence-electron chi connectivity index (χ2n) is 5.24. The van der Waals surface area contributed by atoms with Crippen LogP contribution in [0.2, 0.25) is 0 Å². The third-order valence-corrected chi connectivity index (χ3v) is 4.04. The monoisotopic (exact) mass is 263 g/mol. The van der Waals surface area contributed by atoms with Crippen LogP contribution in [0, 0.1) is 12.0 Å². The summed E-state index contributed by atoms with van der Waals surface area (Å²) in [5.74, 6) is 2.20. The van der Waals surface area contributed by atoms with E-state index in [1.807, 2.05) is 30.4 Å². The van der Waals surface area contributed by atoms with Crippen molar-refractivity contribution in [1.29, 1.82) is 0 Å². The molecule has 20 heavy (non-hydrogen) atoms. The van der Waals surface area contributed by atoms with Crippen LogP contribution in [0.25, 0.3) is 0 Å². The summed E-state index contributed by atoms with van der Waals surface area (Å²) in [6, 6.07) is 9.07. The van der Waals surface area contributed by atoms with E-state index in [1.165, 1.54) is 11.1 Å². The molecule has 3 aliphatic rings. The van der Waals surface area contributed by atoms with E-state index in [1.54, 1.807) is 6.26 Å². The number of hydrogen-bond acceptors (Lipinski definition) is 2. The Morgan fingerprint density at radius 1 is 1.20 bits per heavy atom. The van der Waals surface area contributed by atoms with Crippen molar-refractivity contribution in [2.75, 3.05) is 0 Å². The molecular formula is C18H15O2. The average molecular weight is 263 g/mol. The summed E-state index contributed by atoms with van der Waals surface area (Å²) < 4.78 is 11.8. The summed E-state index contributed by atoms with van der Waals surface area (Å²) >= 11 is 0. The molecule has 2 heterocycles. The summed E-state index contributed by atoms with van der Waals surface area (Å²) in [4.78, 5) is 0. The van der Waals surface area contributed by atoms with Gasteiger partial charge in [0.25, 0.3) is 0 Å². The van der Waals surface area contributed by atoms with E-state index in [-0.39, 0.29) is 12.0 Å². The molecule has 0 spiro atoms. The van der Waals surface area contributed by atoms with Gasteiger partial charge in [-0.05, 0) is 48.8 Å². The third kappa shape index (κ3) is 1.88. The van der Waals surface area contributed by atoms with Crippen LogP contribution in [0.15, 0.2) is 66.2 Å². The van der Waals surface area contributed by atoms with Gasteiger partial charge in [0, 0.05) is 11.5 Å². The molecule has 1 radical (unpaired) electrons. The lowest BCUT2D eigenvalue weighted by molar-refractivity contribution is 0.141. The zero-order valence-corrected chi connectivity index (χ0v) is 11.1. The van der Waals surface area contributed by atoms with Gasteiger partial charge in [-0.2, -0.15) is 0 Å². The van der Waals surface area contributed by atoms with Gasteiger partial charge in [0.1, 0.15) is 17.6 Å². The SMILES string of the molecule is [c]1ccc2c(c1)CCC(C1C=CC=C3OC=CC=C31)O2. The van der Waals surface area contributed by atoms with Crippen LogP contribution < -0.4 is 4.74 Å². The van der Waals surface area contributed by atoms with Crippen LogP contribution in [-0.4, -0.2) is 6.10 Å². The predicted octanol–water partition coefficient (Wildman–Crippen LogP) is 3.72. The van der Waals surface area contributed by atoms with Gasteiger partial charge in [0.2, 0.25) is 0 Å². The number of aryl methyl sites for hydroxylation is 1. The summed E-state index contributed by atoms with van der Waals surface area (Å²) in [5, 5.41) is 0. The van der Waals surface area contributed by atoms with Crippen LogP contribution >= 0.6 is 0 Å². The fourth-order valence-electron chi connectivity index (χ4n) is 3.04. The lowest BCUT2D eigenvalue weighted by Gasteiger charge is -2.34. The molecule has 1 aromatic carbocycles. The van der Waals surface area contributed by atoms with E-state index in [0.29, 0.717) is 0 Å². The van der Waals surface area contributed by atoms with Crippen molar-refractivity contribution in [3.8, 4) is 5.75 Å². The van der Waals surface area contributed by atoms with Gasteiger partial charge in [-0.3, -0.25) is 0 Å². The van der Waals surface area contributed by atoms with Crippen molar-refractivity contribution < 1.29 is 9.47 Å². The lowest BCUT2D eigenvalue weighted by atomic mass is 9.83. The minimum absolute atomic E-state index is 0.172. The van der Waals surface area contributed by atoms with Gasteiger partial charge < -0.3 is 9.47 Å². The largest absolute Gasteiger partial charge is 0.489 e. The van der Waals surface area contributed by atoms with Gasteiger partial charge >= 0.3 is 0 Å². The fourth-order valence-corrected chi connectivity index (χ4v) is 3.04. The highest BCUT2D eigenvalue weighted by Crippen LogP contribution is 2.37. The van der Waals surface area contributed by atoms with Gasteiger partial charge in [-0.15, -0.1) is 0 Å². The van der Waals surface area contributed by atoms with Crippen molar-refractivity contribution >= 4 is 0 Å². The first kappa shape index (κ1) is 11.6. The Hall–Kier alpha value is -2.22. The van der Waals surface area contributed by atoms with E-state index >= 15 is 0 Å². The van der Waals surface area contributed by atoms with Gasteiger partial charge in [-0.25, -0.2) is 0 Å². The first-order valence-electron chi connectivity index (χ1n) is 7.00. The van der Waals surface area contributed by atoms with Crippen molar-refractivity contribution in [2.24, 2.45) is 5.92 Å². The van der Waals surface area contributed by atoms with Gasteiger partial charge in [-0.1, -0.05) is 24.3 Å². The topological polar surface area (TPSA) is 18.5 Å². The first-order valence-corrected chi connectivity index (χ1v) is 7.00. The molecule has 1 aliphatic carbocycles. The molecule has 0 fully saturated rings. The maximum absolute atomic E-state index is 6.20. The van der Waals surface area contributed by atoms with Crippen LogP contribution in [-0.2, 0) is 11.2 Å². The molecule has 0 bridgehead atoms. The Kier molecular flexibility index (Phi) is 2.73. The minimum Gasteiger partial charge on any atom is -0.489 e. The molecule has 0 aromatic heterocycles. The Morgan fingerprint density at radius 2 is 2.20 bits per heavy atom. The van der Waals surface area contributed by atoms with Crippen LogP contribution in [0.5, 0.6) is 5.75 Å². The average Bonchev–Trinajstić information content (AvgIpc) is 2.54. The Morgan fingerprint density at radius 3 is 3.20 bits per heavy atom. The zero-order valence-electron chi connectivity index (χ0n) is 11.1. The summed E-state index contributed by atoms with van der Waals surface area (Å²) in [6.45, 7) is 0. The minimum atomic E-state index is 0.172. The molecule has 0 amide bonds. The summed E-state index contributed by atoms with van der Waals surface area (Å²) in [6.07, 6.45) is 14.3. The van der Waals surface area contributed by atoms with E-state index in [2.05, 4.69) is 24.3 Å². The number of allylic oxidation sites excluding steroid dienone is 5. The molecule has 1 aromatic rings. The fraction of sp³-hybridized carbons (Fsp3) is 0.222. The van der Waals surface area contributed by atoms with Crippen LogP contribution in [0.3, 0.4) is 0 Å². The van der Waals surface area contributed by atoms with Crippen molar-refractivity contribution in [3.63, 3.8) is 0 Å². The lowest BCUT2D eigenvalue weighted by Crippen LogP contribution is -2.32. The molecule has 99 valence electrons. The van der Waals surface area contributed by atoms with Crippen molar-refractivity contribution in [1.82, 2.24) is 0 Å². The molecule has 2 aliphatic heterocycles. The third-order valence-electron chi connectivity index (χ3n) is 4.04. The van der Waals surface area contributed by atoms with Gasteiger partial charge in [0.15, 0.2) is 0 Å². The van der Waals surface area contributed by atoms with E-state index in [9.17, 15) is 0 Å². The smallest absolute Gasteiger partial charge is 0.130 e. The number of benzene rings is 1. The molecular weight excluding hydrogens is 248 g/mol. The van der Waals surface area contributed by atoms with Gasteiger partial charge in [0.05, 0.1) is 6.26 Å². The summed E-state index contributed by atoms with van der Waals surface area (Å²) in [5.41, 5.74) is 2.47. The highest BCUT2D eigenvalue weighted by atomic mass is 16.5. The first-order chi connectivity index (χ1) is 9.92. The second kappa shape index (κ2) is 4.71. The molecule has 0 saturated heterocycles. The van der Waals surface area contributed by atoms with Crippen LogP contribution in [0.1, 0.15) is 12.0 Å². The highest BCUT2D eigenvalue weighted by molar-refractivity contribution is 5.44. The number of rotatable bonds is 1. The van der Waals surface area contributed by atoms with E-state index in [4.69, 9.17) is 9.47 Å². The zero-order chi connectivity index (χ0) is 13.4. The van der Waals surface area contributed by atoms with E-state index in [0.717, 1.165) is 24.4 Å². The number of ether oxygens (including phenoxy) is 2. The number of fused-ring (bicyclic) bond motifs is 2. The Bertz CT molecular complexity index is 649. The molecule has 0 saturated carbocycles. The second-order valence-corrected chi connectivity index (χ2v) is 5.24. The molecule has 2 unspecified atom stereocenters. The van der Waals surface area contributed by atoms with Crippen LogP contribution in [0.4, 0.5) is 0 Å². The molecule has 2 nitrogen and oxygen atoms in total. The maximum Gasteiger partial charge on any atom is 0.130 e. The standard InChI is InChI=1S/C18H15O2/c1-2-8-16-13(5-1)10-11-18(20-16)15-6-3-9-17-14(15)7-4-12-19-17/h2-9,12,15,18H,10-11H2. The molecule has 2 heteroatoms. The van der Waals surface area contributed by atoms with Crippen molar-refractivity contribution in [2.45, 2.75) is 18.9 Å². The molecule has 0 N–H and O–H groups in total. The van der Waals surface area contributed by atoms with E-state index < -0.39 is 0 Å². The molecule has 4 rings (SSSR count). The Balaban J connectivity index is 1.63. The summed E-state index contributed by atoms with van der Waals surface area (Å²) in [7, 11) is 0. The molecule has 2 atom stereocenters. The number of hydrogen-bond donors (Lipinski definition) is 0.